The van der Waals surface area contributed by atoms with Crippen molar-refractivity contribution in [2.24, 2.45) is 4.36 Å². The van der Waals surface area contributed by atoms with Crippen LogP contribution in [0.15, 0.2) is 46.9 Å². The third-order valence-corrected chi connectivity index (χ3v) is 3.83. The molecule has 1 aliphatic carbocycles. The van der Waals surface area contributed by atoms with Gasteiger partial charge in [0.05, 0.1) is 0 Å². The van der Waals surface area contributed by atoms with E-state index in [1.54, 1.807) is 30.3 Å². The van der Waals surface area contributed by atoms with E-state index in [1.165, 1.54) is 12.2 Å². The Bertz CT molecular complexity index is 845. The Hall–Kier alpha value is -2.19. The van der Waals surface area contributed by atoms with Gasteiger partial charge in [-0.2, -0.15) is 21.2 Å². The van der Waals surface area contributed by atoms with Gasteiger partial charge in [-0.1, -0.05) is 24.3 Å². The van der Waals surface area contributed by atoms with Gasteiger partial charge in [-0.3, -0.25) is 0 Å². The lowest BCUT2D eigenvalue weighted by molar-refractivity contribution is 0.620. The van der Waals surface area contributed by atoms with Crippen LogP contribution in [-0.2, 0) is 20.8 Å². The predicted molar refractivity (Wildman–Crippen MR) is 77.0 cm³/mol. The number of hydrogen-bond donors (Lipinski definition) is 1. The quantitative estimate of drug-likeness (QED) is 0.639. The van der Waals surface area contributed by atoms with Gasteiger partial charge in [-0.15, -0.1) is 0 Å². The molecular weight excluding hydrogens is 300 g/mol. The molecule has 0 saturated heterocycles. The molecule has 0 radical (unpaired) electrons. The summed E-state index contributed by atoms with van der Waals surface area (Å²) in [5.74, 6) is 0. The number of hydrogen-bond acceptors (Lipinski definition) is 6. The molecule has 104 valence electrons. The monoisotopic (exact) mass is 310 g/mol. The van der Waals surface area contributed by atoms with Crippen LogP contribution in [-0.4, -0.2) is 27.7 Å². The van der Waals surface area contributed by atoms with E-state index >= 15 is 0 Å². The van der Waals surface area contributed by atoms with Gasteiger partial charge in [-0.25, -0.2) is 0 Å². The van der Waals surface area contributed by atoms with Crippen molar-refractivity contribution in [1.29, 1.82) is 0 Å². The Morgan fingerprint density at radius 1 is 1.05 bits per heavy atom. The molecule has 2 N–H and O–H groups in total. The van der Waals surface area contributed by atoms with Crippen LogP contribution in [0.25, 0.3) is 5.57 Å². The van der Waals surface area contributed by atoms with Gasteiger partial charge in [0.1, 0.15) is 10.9 Å². The second-order valence-corrected chi connectivity index (χ2v) is 5.57. The molecule has 0 bridgehead atoms. The normalized spacial score (nSPS) is 17.5. The minimum absolute atomic E-state index is 0.0940. The highest BCUT2D eigenvalue weighted by Gasteiger charge is 2.17. The van der Waals surface area contributed by atoms with Crippen molar-refractivity contribution < 1.29 is 16.8 Å². The van der Waals surface area contributed by atoms with Gasteiger partial charge >= 0.3 is 10.5 Å². The lowest BCUT2D eigenvalue weighted by atomic mass is 9.97. The van der Waals surface area contributed by atoms with E-state index in [2.05, 4.69) is 4.36 Å². The summed E-state index contributed by atoms with van der Waals surface area (Å²) in [7, 11) is -5.23. The molecule has 1 unspecified atom stereocenters. The number of nitrogens with two attached hydrogens (primary N) is 1. The molecule has 1 aromatic carbocycles. The van der Waals surface area contributed by atoms with Gasteiger partial charge in [0.2, 0.25) is 10.3 Å². The molecule has 0 heterocycles. The molecule has 0 saturated carbocycles. The van der Waals surface area contributed by atoms with Crippen LogP contribution in [0.4, 0.5) is 5.69 Å². The van der Waals surface area contributed by atoms with Crippen LogP contribution in [0.1, 0.15) is 5.56 Å². The van der Waals surface area contributed by atoms with E-state index in [1.807, 2.05) is 0 Å². The fourth-order valence-corrected chi connectivity index (χ4v) is 2.75. The van der Waals surface area contributed by atoms with Crippen molar-refractivity contribution in [3.63, 3.8) is 0 Å². The highest BCUT2D eigenvalue weighted by Crippen LogP contribution is 2.22. The summed E-state index contributed by atoms with van der Waals surface area (Å²) in [6.45, 7) is 0. The fourth-order valence-electron chi connectivity index (χ4n) is 1.76. The summed E-state index contributed by atoms with van der Waals surface area (Å²) in [6, 6.07) is 5.88. The van der Waals surface area contributed by atoms with E-state index in [4.69, 9.17) is 5.73 Å². The second kappa shape index (κ2) is 5.85. The number of nitrogens with zero attached hydrogens (tertiary/aromatic N) is 1. The maximum atomic E-state index is 11.2. The summed E-state index contributed by atoms with van der Waals surface area (Å²) < 4.78 is 46.8. The van der Waals surface area contributed by atoms with Crippen LogP contribution in [0, 0.1) is 0 Å². The van der Waals surface area contributed by atoms with Gasteiger partial charge in [0, 0.05) is 5.69 Å². The van der Waals surface area contributed by atoms with Crippen LogP contribution in [0.5, 0.6) is 0 Å². The fraction of sp³-hybridized carbons (Fsp3) is 0.0833. The number of anilines is 1. The number of benzene rings is 1. The Kier molecular flexibility index (Phi) is 4.16. The van der Waals surface area contributed by atoms with Crippen molar-refractivity contribution in [3.8, 4) is 0 Å². The first-order valence-electron chi connectivity index (χ1n) is 5.49. The van der Waals surface area contributed by atoms with E-state index < -0.39 is 26.8 Å². The van der Waals surface area contributed by atoms with Crippen molar-refractivity contribution in [1.82, 2.24) is 0 Å². The Morgan fingerprint density at radius 2 is 1.70 bits per heavy atom. The molecule has 0 spiro atoms. The molecule has 0 fully saturated rings. The van der Waals surface area contributed by atoms with E-state index in [0.717, 1.165) is 5.56 Å². The van der Waals surface area contributed by atoms with Crippen molar-refractivity contribution in [2.45, 2.75) is 6.04 Å². The number of rotatable bonds is 2. The zero-order chi connectivity index (χ0) is 14.7. The standard InChI is InChI=1S/C12H10N2O4S2/c13-10-4-1-8(2-5-10)9-3-6-11(14-20(17)18)12(7-9)19(15)16/h1-7,11H,13H2. The predicted octanol–water partition coefficient (Wildman–Crippen LogP) is 0.705. The number of allylic oxidation sites excluding steroid dienone is 2. The first kappa shape index (κ1) is 14.2. The van der Waals surface area contributed by atoms with Crippen LogP contribution in [0.3, 0.4) is 0 Å². The largest absolute Gasteiger partial charge is 0.399 e. The van der Waals surface area contributed by atoms with Crippen molar-refractivity contribution >= 4 is 36.9 Å². The SMILES string of the molecule is Nc1ccc(C2=CC(=S(=O)=O)C(N=S(=O)=O)C=C2)cc1. The molecule has 0 aliphatic heterocycles. The summed E-state index contributed by atoms with van der Waals surface area (Å²) in [4.78, 5) is -0.0940. The molecule has 20 heavy (non-hydrogen) atoms. The molecule has 1 aliphatic rings. The van der Waals surface area contributed by atoms with E-state index in [9.17, 15) is 16.8 Å². The van der Waals surface area contributed by atoms with Crippen molar-refractivity contribution in [3.05, 3.63) is 48.1 Å². The van der Waals surface area contributed by atoms with Gasteiger partial charge in [-0.05, 0) is 29.3 Å². The zero-order valence-electron chi connectivity index (χ0n) is 10.1. The minimum atomic E-state index is -2.68. The lowest BCUT2D eigenvalue weighted by Gasteiger charge is -2.12. The van der Waals surface area contributed by atoms with Gasteiger partial charge < -0.3 is 5.73 Å². The van der Waals surface area contributed by atoms with Crippen LogP contribution < -0.4 is 5.73 Å². The maximum Gasteiger partial charge on any atom is 0.312 e. The maximum absolute atomic E-state index is 11.2. The second-order valence-electron chi connectivity index (χ2n) is 3.99. The average molecular weight is 310 g/mol. The third-order valence-electron chi connectivity index (χ3n) is 2.68. The van der Waals surface area contributed by atoms with E-state index in [-0.39, 0.29) is 4.86 Å². The molecule has 1 atom stereocenters. The van der Waals surface area contributed by atoms with Gasteiger partial charge in [0.15, 0.2) is 0 Å². The molecule has 0 aromatic heterocycles. The smallest absolute Gasteiger partial charge is 0.312 e. The van der Waals surface area contributed by atoms with Crippen molar-refractivity contribution in [2.75, 3.05) is 5.73 Å². The first-order valence-corrected chi connectivity index (χ1v) is 7.60. The molecular formula is C12H10N2O4S2. The zero-order valence-corrected chi connectivity index (χ0v) is 11.7. The average Bonchev–Trinajstić information content (AvgIpc) is 2.39. The Balaban J connectivity index is 2.51. The van der Waals surface area contributed by atoms with E-state index in [0.29, 0.717) is 11.3 Å². The highest BCUT2D eigenvalue weighted by molar-refractivity contribution is 7.73. The lowest BCUT2D eigenvalue weighted by Crippen LogP contribution is -2.18. The Morgan fingerprint density at radius 3 is 2.25 bits per heavy atom. The summed E-state index contributed by atoms with van der Waals surface area (Å²) in [5, 5.41) is 0. The molecule has 1 aromatic rings. The Labute approximate surface area is 118 Å². The highest BCUT2D eigenvalue weighted by atomic mass is 32.2. The molecule has 2 rings (SSSR count). The molecule has 6 nitrogen and oxygen atoms in total. The van der Waals surface area contributed by atoms with Gasteiger partial charge in [0.25, 0.3) is 0 Å². The third kappa shape index (κ3) is 3.22. The summed E-state index contributed by atoms with van der Waals surface area (Å²) in [6.07, 6.45) is 4.45. The number of nitrogen functional groups attached to an aromatic ring is 1. The summed E-state index contributed by atoms with van der Waals surface area (Å²) >= 11 is 0. The van der Waals surface area contributed by atoms with Crippen LogP contribution in [0.2, 0.25) is 0 Å². The van der Waals surface area contributed by atoms with Crippen LogP contribution >= 0.6 is 0 Å². The minimum Gasteiger partial charge on any atom is -0.399 e. The topological polar surface area (TPSA) is 107 Å². The molecule has 8 heteroatoms. The summed E-state index contributed by atoms with van der Waals surface area (Å²) in [5.41, 5.74) is 7.60. The molecule has 0 amide bonds. The first-order chi connectivity index (χ1) is 9.47.